The fourth-order valence-corrected chi connectivity index (χ4v) is 4.61. The van der Waals surface area contributed by atoms with Crippen LogP contribution in [-0.4, -0.2) is 26.2 Å². The standard InChI is InChI=1S/C24H34O4S/c1-18(2)8-7-9-20(4)16-24(17-21(5)14-15-28-22(6)25)29(26,27)23-12-10-19(3)11-13-23/h8,10-14,16,24H,7,9,15,17H2,1-6H3. The zero-order valence-electron chi connectivity index (χ0n) is 18.5. The number of benzene rings is 1. The molecule has 4 nitrogen and oxygen atoms in total. The molecule has 1 rings (SSSR count). The number of hydrogen-bond donors (Lipinski definition) is 0. The lowest BCUT2D eigenvalue weighted by atomic mass is 10.1. The van der Waals surface area contributed by atoms with Crippen LogP contribution in [0.1, 0.15) is 59.4 Å². The number of allylic oxidation sites excluding steroid dienone is 4. The second kappa shape index (κ2) is 11.8. The van der Waals surface area contributed by atoms with Crippen LogP contribution >= 0.6 is 0 Å². The molecule has 0 heterocycles. The SMILES string of the molecule is CC(=O)OCC=C(C)CC(C=C(C)CCC=C(C)C)S(=O)(=O)c1ccc(C)cc1. The molecule has 0 amide bonds. The van der Waals surface area contributed by atoms with E-state index in [0.29, 0.717) is 11.3 Å². The van der Waals surface area contributed by atoms with Crippen LogP contribution in [-0.2, 0) is 19.4 Å². The van der Waals surface area contributed by atoms with Gasteiger partial charge in [-0.05, 0) is 72.1 Å². The van der Waals surface area contributed by atoms with Crippen molar-refractivity contribution in [2.75, 3.05) is 6.61 Å². The highest BCUT2D eigenvalue weighted by molar-refractivity contribution is 7.92. The van der Waals surface area contributed by atoms with Crippen molar-refractivity contribution in [3.63, 3.8) is 0 Å². The van der Waals surface area contributed by atoms with Gasteiger partial charge >= 0.3 is 5.97 Å². The van der Waals surface area contributed by atoms with Crippen LogP contribution in [0.3, 0.4) is 0 Å². The lowest BCUT2D eigenvalue weighted by Gasteiger charge is -2.17. The molecule has 0 saturated carbocycles. The summed E-state index contributed by atoms with van der Waals surface area (Å²) in [5, 5.41) is -0.662. The minimum absolute atomic E-state index is 0.154. The van der Waals surface area contributed by atoms with Crippen LogP contribution in [0.5, 0.6) is 0 Å². The number of rotatable bonds is 10. The number of carbonyl (C=O) groups excluding carboxylic acids is 1. The predicted octanol–water partition coefficient (Wildman–Crippen LogP) is 5.73. The molecule has 1 aromatic carbocycles. The highest BCUT2D eigenvalue weighted by Crippen LogP contribution is 2.25. The maximum Gasteiger partial charge on any atom is 0.302 e. The molecule has 0 bridgehead atoms. The topological polar surface area (TPSA) is 60.4 Å². The maximum absolute atomic E-state index is 13.3. The highest BCUT2D eigenvalue weighted by Gasteiger charge is 2.26. The first-order valence-electron chi connectivity index (χ1n) is 9.92. The normalized spacial score (nSPS) is 13.7. The Hall–Kier alpha value is -2.14. The van der Waals surface area contributed by atoms with Gasteiger partial charge in [0.15, 0.2) is 9.84 Å². The van der Waals surface area contributed by atoms with Gasteiger partial charge in [0.1, 0.15) is 6.61 Å². The molecule has 1 unspecified atom stereocenters. The lowest BCUT2D eigenvalue weighted by Crippen LogP contribution is -2.20. The minimum atomic E-state index is -3.53. The molecule has 0 aromatic heterocycles. The third kappa shape index (κ3) is 9.27. The molecule has 0 aliphatic heterocycles. The number of hydrogen-bond acceptors (Lipinski definition) is 4. The van der Waals surface area contributed by atoms with Gasteiger partial charge in [0.25, 0.3) is 0 Å². The van der Waals surface area contributed by atoms with Crippen LogP contribution in [0.15, 0.2) is 64.1 Å². The Morgan fingerprint density at radius 2 is 1.62 bits per heavy atom. The Morgan fingerprint density at radius 3 is 2.17 bits per heavy atom. The fourth-order valence-electron chi connectivity index (χ4n) is 2.85. The van der Waals surface area contributed by atoms with Crippen LogP contribution in [0.2, 0.25) is 0 Å². The molecule has 1 atom stereocenters. The van der Waals surface area contributed by atoms with Crippen molar-refractivity contribution in [3.8, 4) is 0 Å². The zero-order valence-corrected chi connectivity index (χ0v) is 19.3. The first kappa shape index (κ1) is 24.9. The maximum atomic E-state index is 13.3. The van der Waals surface area contributed by atoms with Crippen LogP contribution < -0.4 is 0 Å². The number of esters is 1. The van der Waals surface area contributed by atoms with Gasteiger partial charge in [-0.15, -0.1) is 0 Å². The number of sulfone groups is 1. The van der Waals surface area contributed by atoms with Gasteiger partial charge < -0.3 is 4.74 Å². The zero-order chi connectivity index (χ0) is 22.0. The molecule has 160 valence electrons. The molecule has 0 fully saturated rings. The van der Waals surface area contributed by atoms with Crippen molar-refractivity contribution >= 4 is 15.8 Å². The van der Waals surface area contributed by atoms with E-state index in [1.54, 1.807) is 18.2 Å². The van der Waals surface area contributed by atoms with Crippen molar-refractivity contribution in [1.29, 1.82) is 0 Å². The molecular formula is C24H34O4S. The molecule has 5 heteroatoms. The molecule has 29 heavy (non-hydrogen) atoms. The predicted molar refractivity (Wildman–Crippen MR) is 120 cm³/mol. The van der Waals surface area contributed by atoms with Gasteiger partial charge in [0.05, 0.1) is 10.1 Å². The largest absolute Gasteiger partial charge is 0.462 e. The Bertz CT molecular complexity index is 868. The Kier molecular flexibility index (Phi) is 10.1. The average molecular weight is 419 g/mol. The van der Waals surface area contributed by atoms with E-state index in [1.165, 1.54) is 12.5 Å². The summed E-state index contributed by atoms with van der Waals surface area (Å²) in [6.07, 6.45) is 7.87. The summed E-state index contributed by atoms with van der Waals surface area (Å²) in [5.41, 5.74) is 4.20. The summed E-state index contributed by atoms with van der Waals surface area (Å²) in [4.78, 5) is 11.3. The Morgan fingerprint density at radius 1 is 1.00 bits per heavy atom. The van der Waals surface area contributed by atoms with E-state index in [4.69, 9.17) is 4.74 Å². The summed E-state index contributed by atoms with van der Waals surface area (Å²) < 4.78 is 31.6. The fraction of sp³-hybridized carbons (Fsp3) is 0.458. The third-order valence-corrected chi connectivity index (χ3v) is 6.58. The molecule has 0 aliphatic carbocycles. The van der Waals surface area contributed by atoms with Crippen LogP contribution in [0.25, 0.3) is 0 Å². The summed E-state index contributed by atoms with van der Waals surface area (Å²) in [5.74, 6) is -0.354. The van der Waals surface area contributed by atoms with Gasteiger partial charge in [-0.3, -0.25) is 4.79 Å². The monoisotopic (exact) mass is 418 g/mol. The third-order valence-electron chi connectivity index (χ3n) is 4.55. The van der Waals surface area contributed by atoms with Gasteiger partial charge in [0.2, 0.25) is 0 Å². The van der Waals surface area contributed by atoms with E-state index in [9.17, 15) is 13.2 Å². The van der Waals surface area contributed by atoms with Crippen molar-refractivity contribution < 1.29 is 17.9 Å². The van der Waals surface area contributed by atoms with Gasteiger partial charge in [-0.25, -0.2) is 8.42 Å². The molecular weight excluding hydrogens is 384 g/mol. The van der Waals surface area contributed by atoms with Crippen LogP contribution in [0.4, 0.5) is 0 Å². The molecule has 0 aliphatic rings. The van der Waals surface area contributed by atoms with E-state index in [-0.39, 0.29) is 12.6 Å². The quantitative estimate of drug-likeness (QED) is 0.360. The molecule has 0 radical (unpaired) electrons. The Labute approximate surface area is 176 Å². The van der Waals surface area contributed by atoms with E-state index in [2.05, 4.69) is 19.9 Å². The molecule has 1 aromatic rings. The van der Waals surface area contributed by atoms with E-state index in [1.807, 2.05) is 39.0 Å². The summed E-state index contributed by atoms with van der Waals surface area (Å²) in [7, 11) is -3.53. The van der Waals surface area contributed by atoms with Crippen molar-refractivity contribution in [2.45, 2.75) is 71.0 Å². The molecule has 0 spiro atoms. The summed E-state index contributed by atoms with van der Waals surface area (Å²) in [6.45, 7) is 11.4. The molecule has 0 N–H and O–H groups in total. The smallest absolute Gasteiger partial charge is 0.302 e. The van der Waals surface area contributed by atoms with Gasteiger partial charge in [0, 0.05) is 6.92 Å². The van der Waals surface area contributed by atoms with E-state index in [0.717, 1.165) is 29.6 Å². The summed E-state index contributed by atoms with van der Waals surface area (Å²) in [6, 6.07) is 6.97. The van der Waals surface area contributed by atoms with Gasteiger partial charge in [-0.1, -0.05) is 46.6 Å². The van der Waals surface area contributed by atoms with Gasteiger partial charge in [-0.2, -0.15) is 0 Å². The summed E-state index contributed by atoms with van der Waals surface area (Å²) >= 11 is 0. The average Bonchev–Trinajstić information content (AvgIpc) is 2.60. The number of aryl methyl sites for hydroxylation is 1. The van der Waals surface area contributed by atoms with Crippen molar-refractivity contribution in [2.24, 2.45) is 0 Å². The lowest BCUT2D eigenvalue weighted by molar-refractivity contribution is -0.139. The number of carbonyl (C=O) groups is 1. The van der Waals surface area contributed by atoms with Crippen molar-refractivity contribution in [3.05, 3.63) is 64.8 Å². The molecule has 0 saturated heterocycles. The van der Waals surface area contributed by atoms with E-state index < -0.39 is 15.1 Å². The highest BCUT2D eigenvalue weighted by atomic mass is 32.2. The first-order valence-corrected chi connectivity index (χ1v) is 11.5. The first-order chi connectivity index (χ1) is 13.5. The van der Waals surface area contributed by atoms with Crippen molar-refractivity contribution in [1.82, 2.24) is 0 Å². The number of ether oxygens (including phenoxy) is 1. The minimum Gasteiger partial charge on any atom is -0.462 e. The van der Waals surface area contributed by atoms with Crippen LogP contribution in [0, 0.1) is 6.92 Å². The second-order valence-corrected chi connectivity index (χ2v) is 9.95. The second-order valence-electron chi connectivity index (χ2n) is 7.79. The van der Waals surface area contributed by atoms with E-state index >= 15 is 0 Å². The Balaban J connectivity index is 3.14.